The van der Waals surface area contributed by atoms with Crippen molar-refractivity contribution in [2.45, 2.75) is 6.54 Å². The van der Waals surface area contributed by atoms with Crippen molar-refractivity contribution < 1.29 is 23.7 Å². The van der Waals surface area contributed by atoms with Crippen LogP contribution in [-0.4, -0.2) is 45.1 Å². The van der Waals surface area contributed by atoms with Crippen molar-refractivity contribution in [3.8, 4) is 23.0 Å². The van der Waals surface area contributed by atoms with E-state index < -0.39 is 11.5 Å². The molecule has 1 N–H and O–H groups in total. The fraction of sp³-hybridized carbons (Fsp3) is 0.208. The number of hydrazone groups is 1. The minimum atomic E-state index is -0.618. The summed E-state index contributed by atoms with van der Waals surface area (Å²) in [6.07, 6.45) is 3.05. The van der Waals surface area contributed by atoms with Crippen LogP contribution in [0.5, 0.6) is 23.0 Å². The molecule has 9 heteroatoms. The topological polar surface area (TPSA) is 100 Å². The van der Waals surface area contributed by atoms with E-state index in [0.29, 0.717) is 29.4 Å². The highest BCUT2D eigenvalue weighted by atomic mass is 16.5. The van der Waals surface area contributed by atoms with Crippen molar-refractivity contribution in [1.29, 1.82) is 0 Å². The molecule has 3 aromatic rings. The summed E-state index contributed by atoms with van der Waals surface area (Å²) in [6.45, 7) is 0.318. The van der Waals surface area contributed by atoms with E-state index in [4.69, 9.17) is 18.9 Å². The van der Waals surface area contributed by atoms with Crippen LogP contribution in [-0.2, 0) is 6.54 Å². The van der Waals surface area contributed by atoms with Crippen molar-refractivity contribution in [3.63, 3.8) is 0 Å². The normalized spacial score (nSPS) is 10.7. The first-order valence-corrected chi connectivity index (χ1v) is 9.96. The molecule has 0 atom stereocenters. The maximum atomic E-state index is 12.8. The van der Waals surface area contributed by atoms with Gasteiger partial charge in [-0.3, -0.25) is 9.59 Å². The van der Waals surface area contributed by atoms with Gasteiger partial charge in [-0.15, -0.1) is 0 Å². The van der Waals surface area contributed by atoms with E-state index in [2.05, 4.69) is 10.5 Å². The monoisotopic (exact) mass is 451 g/mol. The molecule has 172 valence electrons. The Hall–Kier alpha value is -4.27. The van der Waals surface area contributed by atoms with Gasteiger partial charge in [-0.25, -0.2) is 5.43 Å². The summed E-state index contributed by atoms with van der Waals surface area (Å²) in [6, 6.07) is 13.8. The third-order valence-corrected chi connectivity index (χ3v) is 4.84. The number of aromatic nitrogens is 1. The van der Waals surface area contributed by atoms with Crippen molar-refractivity contribution in [3.05, 3.63) is 81.8 Å². The summed E-state index contributed by atoms with van der Waals surface area (Å²) >= 11 is 0. The minimum Gasteiger partial charge on any atom is -0.497 e. The number of hydrogen-bond acceptors (Lipinski definition) is 7. The lowest BCUT2D eigenvalue weighted by atomic mass is 10.2. The summed E-state index contributed by atoms with van der Waals surface area (Å²) in [4.78, 5) is 25.4. The van der Waals surface area contributed by atoms with Gasteiger partial charge in [0.25, 0.3) is 11.5 Å². The summed E-state index contributed by atoms with van der Waals surface area (Å²) in [5, 5.41) is 3.96. The third kappa shape index (κ3) is 5.51. The average molecular weight is 451 g/mol. The van der Waals surface area contributed by atoms with E-state index in [9.17, 15) is 9.59 Å². The first-order valence-electron chi connectivity index (χ1n) is 9.96. The molecule has 0 saturated carbocycles. The van der Waals surface area contributed by atoms with Crippen molar-refractivity contribution in [1.82, 2.24) is 9.99 Å². The molecule has 3 rings (SSSR count). The Morgan fingerprint density at radius 2 is 1.64 bits per heavy atom. The van der Waals surface area contributed by atoms with Crippen molar-refractivity contribution >= 4 is 12.1 Å². The molecular formula is C24H25N3O6. The molecule has 0 spiro atoms. The maximum Gasteiger partial charge on any atom is 0.276 e. The molecule has 0 saturated heterocycles. The summed E-state index contributed by atoms with van der Waals surface area (Å²) in [7, 11) is 6.11. The Labute approximate surface area is 191 Å². The number of benzene rings is 2. The van der Waals surface area contributed by atoms with Gasteiger partial charge >= 0.3 is 0 Å². The highest BCUT2D eigenvalue weighted by Gasteiger charge is 2.14. The molecule has 0 unspecified atom stereocenters. The molecule has 2 aromatic carbocycles. The molecule has 9 nitrogen and oxygen atoms in total. The number of methoxy groups -OCH3 is 4. The Bertz CT molecular complexity index is 1180. The number of nitrogens with one attached hydrogen (secondary N) is 1. The van der Waals surface area contributed by atoms with Crippen LogP contribution in [0.1, 0.15) is 21.5 Å². The lowest BCUT2D eigenvalue weighted by Gasteiger charge is -2.12. The van der Waals surface area contributed by atoms with Crippen LogP contribution >= 0.6 is 0 Å². The summed E-state index contributed by atoms with van der Waals surface area (Å²) in [5.74, 6) is 1.46. The molecule has 1 aromatic heterocycles. The predicted octanol–water partition coefficient (Wildman–Crippen LogP) is 2.69. The second kappa shape index (κ2) is 10.9. The van der Waals surface area contributed by atoms with Crippen LogP contribution < -0.4 is 29.9 Å². The van der Waals surface area contributed by atoms with Gasteiger partial charge in [0.05, 0.1) is 41.2 Å². The number of nitrogens with zero attached hydrogens (tertiary/aromatic N) is 2. The van der Waals surface area contributed by atoms with Crippen LogP contribution in [0, 0.1) is 0 Å². The van der Waals surface area contributed by atoms with Crippen molar-refractivity contribution in [2.75, 3.05) is 28.4 Å². The largest absolute Gasteiger partial charge is 0.497 e. The Morgan fingerprint density at radius 3 is 2.21 bits per heavy atom. The van der Waals surface area contributed by atoms with E-state index in [0.717, 1.165) is 11.3 Å². The van der Waals surface area contributed by atoms with Gasteiger partial charge in [0.1, 0.15) is 11.3 Å². The molecule has 1 heterocycles. The Balaban J connectivity index is 1.75. The molecule has 0 fully saturated rings. The van der Waals surface area contributed by atoms with Gasteiger partial charge in [0, 0.05) is 11.8 Å². The third-order valence-electron chi connectivity index (χ3n) is 4.84. The number of carbonyl (C=O) groups excluding carboxylic acids is 1. The number of carbonyl (C=O) groups is 1. The van der Waals surface area contributed by atoms with E-state index in [1.54, 1.807) is 31.5 Å². The van der Waals surface area contributed by atoms with Crippen molar-refractivity contribution in [2.24, 2.45) is 5.10 Å². The predicted molar refractivity (Wildman–Crippen MR) is 124 cm³/mol. The molecule has 0 radical (unpaired) electrons. The number of ether oxygens (including phenoxy) is 4. The zero-order valence-electron chi connectivity index (χ0n) is 18.8. The highest BCUT2D eigenvalue weighted by Crippen LogP contribution is 2.37. The van der Waals surface area contributed by atoms with Crippen LogP contribution in [0.2, 0.25) is 0 Å². The second-order valence-corrected chi connectivity index (χ2v) is 6.86. The first-order chi connectivity index (χ1) is 16.0. The molecular weight excluding hydrogens is 426 g/mol. The van der Waals surface area contributed by atoms with Gasteiger partial charge in [-0.05, 0) is 42.0 Å². The molecule has 1 amide bonds. The summed E-state index contributed by atoms with van der Waals surface area (Å²) in [5.41, 5.74) is 3.45. The highest BCUT2D eigenvalue weighted by molar-refractivity contribution is 5.94. The number of pyridine rings is 1. The Kier molecular flexibility index (Phi) is 7.69. The summed E-state index contributed by atoms with van der Waals surface area (Å²) < 4.78 is 22.5. The lowest BCUT2D eigenvalue weighted by Crippen LogP contribution is -2.30. The molecule has 33 heavy (non-hydrogen) atoms. The van der Waals surface area contributed by atoms with Crippen LogP contribution in [0.4, 0.5) is 0 Å². The average Bonchev–Trinajstić information content (AvgIpc) is 2.84. The van der Waals surface area contributed by atoms with E-state index in [1.165, 1.54) is 38.2 Å². The minimum absolute atomic E-state index is 0.0203. The smallest absolute Gasteiger partial charge is 0.276 e. The first kappa shape index (κ1) is 23.4. The molecule has 0 aliphatic rings. The van der Waals surface area contributed by atoms with Crippen LogP contribution in [0.25, 0.3) is 0 Å². The molecule has 0 bridgehead atoms. The quantitative estimate of drug-likeness (QED) is 0.397. The van der Waals surface area contributed by atoms with Gasteiger partial charge < -0.3 is 23.5 Å². The van der Waals surface area contributed by atoms with Gasteiger partial charge in [-0.1, -0.05) is 12.1 Å². The fourth-order valence-electron chi connectivity index (χ4n) is 3.16. The number of amides is 1. The zero-order chi connectivity index (χ0) is 23.8. The fourth-order valence-corrected chi connectivity index (χ4v) is 3.16. The lowest BCUT2D eigenvalue weighted by molar-refractivity contribution is 0.0953. The van der Waals surface area contributed by atoms with E-state index >= 15 is 0 Å². The second-order valence-electron chi connectivity index (χ2n) is 6.86. The number of hydrogen-bond donors (Lipinski definition) is 1. The Morgan fingerprint density at radius 1 is 0.970 bits per heavy atom. The van der Waals surface area contributed by atoms with Crippen LogP contribution in [0.3, 0.4) is 0 Å². The van der Waals surface area contributed by atoms with Gasteiger partial charge in [-0.2, -0.15) is 5.10 Å². The SMILES string of the molecule is COc1ccc(Cn2cccc(C(=O)N/N=C\c3cc(OC)c(OC)c(OC)c3)c2=O)cc1. The molecule has 0 aliphatic heterocycles. The van der Waals surface area contributed by atoms with Gasteiger partial charge in [0.2, 0.25) is 5.75 Å². The maximum absolute atomic E-state index is 12.8. The zero-order valence-corrected chi connectivity index (χ0v) is 18.8. The molecule has 0 aliphatic carbocycles. The number of rotatable bonds is 9. The van der Waals surface area contributed by atoms with Gasteiger partial charge in [0.15, 0.2) is 11.5 Å². The van der Waals surface area contributed by atoms with E-state index in [1.807, 2.05) is 24.3 Å². The standard InChI is InChI=1S/C24H25N3O6/c1-30-18-9-7-16(8-10-18)15-27-11-5-6-19(24(27)29)23(28)26-25-14-17-12-20(31-2)22(33-4)21(13-17)32-3/h5-14H,15H2,1-4H3,(H,26,28)/b25-14-. The van der Waals surface area contributed by atoms with E-state index in [-0.39, 0.29) is 5.56 Å². The van der Waals surface area contributed by atoms with Crippen LogP contribution in [0.15, 0.2) is 64.6 Å².